The van der Waals surface area contributed by atoms with Gasteiger partial charge in [-0.2, -0.15) is 0 Å². The Hall–Kier alpha value is -0.800. The van der Waals surface area contributed by atoms with Gasteiger partial charge < -0.3 is 10.2 Å². The first-order chi connectivity index (χ1) is 10.1. The van der Waals surface area contributed by atoms with Crippen molar-refractivity contribution in [3.05, 3.63) is 29.0 Å². The maximum absolute atomic E-state index is 14.3. The van der Waals surface area contributed by atoms with E-state index < -0.39 is 0 Å². The summed E-state index contributed by atoms with van der Waals surface area (Å²) < 4.78 is 14.3. The standard InChI is InChI=1S/C17H24ClFN2/c1-2-14-11-20-17(8-4-3-5-9-17)12-21(14)16-10-13(18)6-7-15(16)19/h6-7,10,14,20H,2-5,8-9,11-12H2,1H3. The monoisotopic (exact) mass is 310 g/mol. The molecule has 1 unspecified atom stereocenters. The summed E-state index contributed by atoms with van der Waals surface area (Å²) in [6, 6.07) is 5.23. The van der Waals surface area contributed by atoms with Gasteiger partial charge in [-0.3, -0.25) is 0 Å². The van der Waals surface area contributed by atoms with E-state index in [-0.39, 0.29) is 11.4 Å². The molecule has 21 heavy (non-hydrogen) atoms. The van der Waals surface area contributed by atoms with Crippen molar-refractivity contribution in [1.29, 1.82) is 0 Å². The molecule has 0 amide bonds. The van der Waals surface area contributed by atoms with Crippen molar-refractivity contribution in [3.63, 3.8) is 0 Å². The second-order valence-electron chi connectivity index (χ2n) is 6.51. The van der Waals surface area contributed by atoms with Crippen LogP contribution in [0.15, 0.2) is 18.2 Å². The highest BCUT2D eigenvalue weighted by atomic mass is 35.5. The van der Waals surface area contributed by atoms with Crippen LogP contribution in [-0.2, 0) is 0 Å². The van der Waals surface area contributed by atoms with Gasteiger partial charge in [0.05, 0.1) is 5.69 Å². The van der Waals surface area contributed by atoms with Crippen LogP contribution in [0.25, 0.3) is 0 Å². The first-order valence-electron chi connectivity index (χ1n) is 8.10. The van der Waals surface area contributed by atoms with Crippen molar-refractivity contribution < 1.29 is 4.39 Å². The fraction of sp³-hybridized carbons (Fsp3) is 0.647. The predicted octanol–water partition coefficient (Wildman–Crippen LogP) is 4.37. The minimum Gasteiger partial charge on any atom is -0.363 e. The highest BCUT2D eigenvalue weighted by molar-refractivity contribution is 6.30. The third-order valence-electron chi connectivity index (χ3n) is 5.13. The molecule has 1 aromatic carbocycles. The van der Waals surface area contributed by atoms with Crippen molar-refractivity contribution in [3.8, 4) is 0 Å². The third kappa shape index (κ3) is 3.04. The van der Waals surface area contributed by atoms with Gasteiger partial charge in [-0.25, -0.2) is 4.39 Å². The minimum absolute atomic E-state index is 0.161. The van der Waals surface area contributed by atoms with Crippen LogP contribution < -0.4 is 10.2 Å². The Balaban J connectivity index is 1.90. The van der Waals surface area contributed by atoms with Gasteiger partial charge in [-0.15, -0.1) is 0 Å². The van der Waals surface area contributed by atoms with Gasteiger partial charge in [-0.05, 0) is 37.5 Å². The zero-order chi connectivity index (χ0) is 14.9. The number of rotatable bonds is 2. The number of piperazine rings is 1. The summed E-state index contributed by atoms with van der Waals surface area (Å²) in [6.07, 6.45) is 7.27. The molecule has 2 aliphatic rings. The van der Waals surface area contributed by atoms with E-state index in [1.165, 1.54) is 38.2 Å². The fourth-order valence-corrected chi connectivity index (χ4v) is 4.04. The summed E-state index contributed by atoms with van der Waals surface area (Å²) in [4.78, 5) is 2.25. The number of hydrogen-bond donors (Lipinski definition) is 1. The van der Waals surface area contributed by atoms with E-state index in [1.807, 2.05) is 0 Å². The maximum atomic E-state index is 14.3. The molecule has 1 aliphatic heterocycles. The summed E-state index contributed by atoms with van der Waals surface area (Å²) in [6.45, 7) is 3.99. The van der Waals surface area contributed by atoms with E-state index in [0.29, 0.717) is 16.8 Å². The van der Waals surface area contributed by atoms with Crippen LogP contribution in [0, 0.1) is 5.82 Å². The molecule has 116 valence electrons. The zero-order valence-electron chi connectivity index (χ0n) is 12.7. The van der Waals surface area contributed by atoms with Crippen LogP contribution in [0.5, 0.6) is 0 Å². The van der Waals surface area contributed by atoms with E-state index in [1.54, 1.807) is 12.1 Å². The molecule has 1 aliphatic carbocycles. The van der Waals surface area contributed by atoms with Gasteiger partial charge in [-0.1, -0.05) is 37.8 Å². The molecule has 0 bridgehead atoms. The largest absolute Gasteiger partial charge is 0.363 e. The first kappa shape index (κ1) is 15.1. The molecular weight excluding hydrogens is 287 g/mol. The van der Waals surface area contributed by atoms with E-state index in [9.17, 15) is 4.39 Å². The van der Waals surface area contributed by atoms with Gasteiger partial charge in [0.1, 0.15) is 5.82 Å². The molecule has 4 heteroatoms. The Morgan fingerprint density at radius 1 is 1.33 bits per heavy atom. The summed E-state index contributed by atoms with van der Waals surface area (Å²) in [5.74, 6) is -0.161. The van der Waals surface area contributed by atoms with E-state index >= 15 is 0 Å². The number of halogens is 2. The summed E-state index contributed by atoms with van der Waals surface area (Å²) in [7, 11) is 0. The van der Waals surface area contributed by atoms with Gasteiger partial charge in [0.15, 0.2) is 0 Å². The van der Waals surface area contributed by atoms with Gasteiger partial charge in [0.25, 0.3) is 0 Å². The number of nitrogens with zero attached hydrogens (tertiary/aromatic N) is 1. The lowest BCUT2D eigenvalue weighted by atomic mass is 9.79. The zero-order valence-corrected chi connectivity index (χ0v) is 13.4. The van der Waals surface area contributed by atoms with E-state index in [0.717, 1.165) is 19.5 Å². The Bertz CT molecular complexity index is 500. The van der Waals surface area contributed by atoms with Crippen molar-refractivity contribution in [1.82, 2.24) is 5.32 Å². The summed E-state index contributed by atoms with van der Waals surface area (Å²) >= 11 is 6.10. The van der Waals surface area contributed by atoms with Gasteiger partial charge in [0.2, 0.25) is 0 Å². The molecule has 1 saturated heterocycles. The van der Waals surface area contributed by atoms with Crippen LogP contribution in [0.1, 0.15) is 45.4 Å². The van der Waals surface area contributed by atoms with E-state index in [4.69, 9.17) is 11.6 Å². The van der Waals surface area contributed by atoms with Crippen LogP contribution in [0.4, 0.5) is 10.1 Å². The number of nitrogens with one attached hydrogen (secondary N) is 1. The number of hydrogen-bond acceptors (Lipinski definition) is 2. The fourth-order valence-electron chi connectivity index (χ4n) is 3.87. The predicted molar refractivity (Wildman–Crippen MR) is 86.7 cm³/mol. The SMILES string of the molecule is CCC1CNC2(CCCCC2)CN1c1cc(Cl)ccc1F. The molecule has 3 rings (SSSR count). The molecule has 1 spiro atoms. The average molecular weight is 311 g/mol. The van der Waals surface area contributed by atoms with Crippen molar-refractivity contribution >= 4 is 17.3 Å². The van der Waals surface area contributed by atoms with Crippen molar-refractivity contribution in [2.45, 2.75) is 57.0 Å². The molecule has 1 heterocycles. The maximum Gasteiger partial charge on any atom is 0.146 e. The highest BCUT2D eigenvalue weighted by Crippen LogP contribution is 2.36. The lowest BCUT2D eigenvalue weighted by Gasteiger charge is -2.50. The molecule has 1 N–H and O–H groups in total. The van der Waals surface area contributed by atoms with E-state index in [2.05, 4.69) is 17.1 Å². The summed E-state index contributed by atoms with van der Waals surface area (Å²) in [5.41, 5.74) is 0.833. The smallest absolute Gasteiger partial charge is 0.146 e. The summed E-state index contributed by atoms with van der Waals surface area (Å²) in [5, 5.41) is 4.38. The lowest BCUT2D eigenvalue weighted by Crippen LogP contribution is -2.65. The normalized spacial score (nSPS) is 25.3. The topological polar surface area (TPSA) is 15.3 Å². The van der Waals surface area contributed by atoms with Crippen molar-refractivity contribution in [2.75, 3.05) is 18.0 Å². The lowest BCUT2D eigenvalue weighted by molar-refractivity contribution is 0.195. The number of anilines is 1. The van der Waals surface area contributed by atoms with Gasteiger partial charge >= 0.3 is 0 Å². The number of benzene rings is 1. The molecule has 0 aromatic heterocycles. The van der Waals surface area contributed by atoms with Crippen LogP contribution in [-0.4, -0.2) is 24.7 Å². The Morgan fingerprint density at radius 2 is 2.10 bits per heavy atom. The molecule has 1 atom stereocenters. The molecule has 2 fully saturated rings. The van der Waals surface area contributed by atoms with Crippen LogP contribution >= 0.6 is 11.6 Å². The molecule has 1 aromatic rings. The minimum atomic E-state index is -0.161. The first-order valence-corrected chi connectivity index (χ1v) is 8.48. The second-order valence-corrected chi connectivity index (χ2v) is 6.94. The Morgan fingerprint density at radius 3 is 2.81 bits per heavy atom. The van der Waals surface area contributed by atoms with Gasteiger partial charge in [0, 0.05) is 29.7 Å². The average Bonchev–Trinajstić information content (AvgIpc) is 2.50. The Kier molecular flexibility index (Phi) is 4.41. The molecule has 1 saturated carbocycles. The van der Waals surface area contributed by atoms with Crippen LogP contribution in [0.3, 0.4) is 0 Å². The second kappa shape index (κ2) is 6.13. The van der Waals surface area contributed by atoms with Crippen LogP contribution in [0.2, 0.25) is 5.02 Å². The third-order valence-corrected chi connectivity index (χ3v) is 5.36. The highest BCUT2D eigenvalue weighted by Gasteiger charge is 2.40. The molecule has 0 radical (unpaired) electrons. The molecule has 2 nitrogen and oxygen atoms in total. The quantitative estimate of drug-likeness (QED) is 0.872. The molecular formula is C17H24ClFN2. The van der Waals surface area contributed by atoms with Crippen molar-refractivity contribution in [2.24, 2.45) is 0 Å². The Labute approximate surface area is 131 Å².